The summed E-state index contributed by atoms with van der Waals surface area (Å²) in [5.41, 5.74) is 4.92. The molecule has 11 heavy (non-hydrogen) atoms. The van der Waals surface area contributed by atoms with Crippen LogP contribution in [-0.2, 0) is 14.3 Å². The average molecular weight is 159 g/mol. The molecule has 0 spiro atoms. The zero-order valence-corrected chi connectivity index (χ0v) is 6.63. The largest absolute Gasteiger partial charge is 0.450 e. The van der Waals surface area contributed by atoms with Crippen LogP contribution in [0, 0.1) is 0 Å². The van der Waals surface area contributed by atoms with Gasteiger partial charge in [-0.25, -0.2) is 0 Å². The molecule has 0 radical (unpaired) electrons. The van der Waals surface area contributed by atoms with E-state index in [4.69, 9.17) is 5.73 Å². The van der Waals surface area contributed by atoms with E-state index in [2.05, 4.69) is 4.74 Å². The molecular weight excluding hydrogens is 146 g/mol. The van der Waals surface area contributed by atoms with Crippen LogP contribution < -0.4 is 5.73 Å². The van der Waals surface area contributed by atoms with Crippen molar-refractivity contribution in [2.45, 2.75) is 26.2 Å². The molecule has 0 saturated carbocycles. The molecular formula is C7H13NO3. The Labute approximate surface area is 65.7 Å². The number of carbonyl (C=O) groups is 2. The number of hydrogen-bond acceptors (Lipinski definition) is 4. The average Bonchev–Trinajstić information content (AvgIpc) is 1.87. The predicted molar refractivity (Wildman–Crippen MR) is 39.7 cm³/mol. The van der Waals surface area contributed by atoms with Gasteiger partial charge < -0.3 is 4.74 Å². The molecule has 2 N–H and O–H groups in total. The monoisotopic (exact) mass is 159 g/mol. The molecule has 0 atom stereocenters. The molecule has 0 aromatic carbocycles. The number of ketones is 1. The van der Waals surface area contributed by atoms with Crippen LogP contribution in [0.25, 0.3) is 0 Å². The van der Waals surface area contributed by atoms with Crippen molar-refractivity contribution < 1.29 is 14.3 Å². The van der Waals surface area contributed by atoms with E-state index in [0.717, 1.165) is 6.42 Å². The van der Waals surface area contributed by atoms with E-state index in [9.17, 15) is 9.59 Å². The van der Waals surface area contributed by atoms with Crippen molar-refractivity contribution in [3.8, 4) is 0 Å². The van der Waals surface area contributed by atoms with Gasteiger partial charge in [0.25, 0.3) is 0 Å². The smallest absolute Gasteiger partial charge is 0.314 e. The van der Waals surface area contributed by atoms with Crippen molar-refractivity contribution in [3.05, 3.63) is 0 Å². The molecule has 4 heteroatoms. The first kappa shape index (κ1) is 10.1. The second kappa shape index (κ2) is 5.85. The lowest BCUT2D eigenvalue weighted by Gasteiger charge is -1.98. The second-order valence-electron chi connectivity index (χ2n) is 2.15. The molecule has 0 aromatic rings. The number of hydrogen-bond donors (Lipinski definition) is 1. The highest BCUT2D eigenvalue weighted by atomic mass is 16.5. The highest BCUT2D eigenvalue weighted by molar-refractivity contribution is 5.95. The fraction of sp³-hybridized carbons (Fsp3) is 0.714. The summed E-state index contributed by atoms with van der Waals surface area (Å²) in [6.45, 7) is 1.73. The fourth-order valence-electron chi connectivity index (χ4n) is 0.672. The third-order valence-corrected chi connectivity index (χ3v) is 1.11. The van der Waals surface area contributed by atoms with E-state index in [1.54, 1.807) is 0 Å². The first-order chi connectivity index (χ1) is 5.20. The Morgan fingerprint density at radius 1 is 1.45 bits per heavy atom. The van der Waals surface area contributed by atoms with Crippen LogP contribution in [-0.4, -0.2) is 18.5 Å². The Morgan fingerprint density at radius 3 is 2.55 bits per heavy atom. The molecule has 0 aliphatic heterocycles. The van der Waals surface area contributed by atoms with Crippen molar-refractivity contribution in [2.75, 3.05) is 6.73 Å². The number of esters is 1. The molecule has 0 heterocycles. The molecule has 0 aliphatic rings. The van der Waals surface area contributed by atoms with Crippen LogP contribution in [0.3, 0.4) is 0 Å². The van der Waals surface area contributed by atoms with Gasteiger partial charge in [0.15, 0.2) is 0 Å². The Kier molecular flexibility index (Phi) is 5.37. The van der Waals surface area contributed by atoms with Gasteiger partial charge >= 0.3 is 5.97 Å². The number of carbonyl (C=O) groups excluding carboxylic acids is 2. The Balaban J connectivity index is 3.49. The summed E-state index contributed by atoms with van der Waals surface area (Å²) in [6.07, 6.45) is 1.04. The van der Waals surface area contributed by atoms with E-state index in [1.165, 1.54) is 0 Å². The maximum absolute atomic E-state index is 10.8. The molecule has 0 fully saturated rings. The van der Waals surface area contributed by atoms with Gasteiger partial charge in [-0.05, 0) is 6.42 Å². The maximum atomic E-state index is 10.8. The maximum Gasteiger partial charge on any atom is 0.314 e. The van der Waals surface area contributed by atoms with Crippen LogP contribution in [0.15, 0.2) is 0 Å². The molecule has 0 aromatic heterocycles. The second-order valence-corrected chi connectivity index (χ2v) is 2.15. The molecule has 4 nitrogen and oxygen atoms in total. The highest BCUT2D eigenvalue weighted by Crippen LogP contribution is 1.95. The van der Waals surface area contributed by atoms with Gasteiger partial charge in [-0.1, -0.05) is 6.92 Å². The van der Waals surface area contributed by atoms with Crippen molar-refractivity contribution in [1.29, 1.82) is 0 Å². The number of ether oxygens (including phenoxy) is 1. The first-order valence-electron chi connectivity index (χ1n) is 3.58. The summed E-state index contributed by atoms with van der Waals surface area (Å²) < 4.78 is 4.38. The van der Waals surface area contributed by atoms with Gasteiger partial charge in [0.1, 0.15) is 18.9 Å². The molecule has 0 unspecified atom stereocenters. The van der Waals surface area contributed by atoms with Crippen molar-refractivity contribution in [3.63, 3.8) is 0 Å². The summed E-state index contributed by atoms with van der Waals surface area (Å²) >= 11 is 0. The van der Waals surface area contributed by atoms with E-state index in [0.29, 0.717) is 6.42 Å². The Bertz CT molecular complexity index is 129. The standard InChI is InChI=1S/C7H13NO3/c1-2-3-6(9)4-7(10)11-5-8/h2-5,8H2,1H3. The summed E-state index contributed by atoms with van der Waals surface area (Å²) in [6, 6.07) is 0. The van der Waals surface area contributed by atoms with Crippen LogP contribution in [0.5, 0.6) is 0 Å². The molecule has 64 valence electrons. The van der Waals surface area contributed by atoms with Crippen LogP contribution in [0.2, 0.25) is 0 Å². The lowest BCUT2D eigenvalue weighted by atomic mass is 10.2. The van der Waals surface area contributed by atoms with Crippen molar-refractivity contribution in [1.82, 2.24) is 0 Å². The van der Waals surface area contributed by atoms with E-state index >= 15 is 0 Å². The van der Waals surface area contributed by atoms with Crippen LogP contribution >= 0.6 is 0 Å². The minimum absolute atomic E-state index is 0.0917. The summed E-state index contributed by atoms with van der Waals surface area (Å²) in [4.78, 5) is 21.4. The lowest BCUT2D eigenvalue weighted by molar-refractivity contribution is -0.145. The third kappa shape index (κ3) is 5.54. The minimum atomic E-state index is -0.536. The number of rotatable bonds is 5. The summed E-state index contributed by atoms with van der Waals surface area (Å²) in [7, 11) is 0. The van der Waals surface area contributed by atoms with Gasteiger partial charge in [-0.15, -0.1) is 0 Å². The van der Waals surface area contributed by atoms with Gasteiger partial charge in [-0.3, -0.25) is 15.3 Å². The summed E-state index contributed by atoms with van der Waals surface area (Å²) in [5, 5.41) is 0. The highest BCUT2D eigenvalue weighted by Gasteiger charge is 2.08. The number of nitrogens with two attached hydrogens (primary N) is 1. The Morgan fingerprint density at radius 2 is 2.09 bits per heavy atom. The lowest BCUT2D eigenvalue weighted by Crippen LogP contribution is -2.15. The zero-order chi connectivity index (χ0) is 8.69. The Hall–Kier alpha value is -0.900. The molecule has 0 bridgehead atoms. The SMILES string of the molecule is CCCC(=O)CC(=O)OCN. The normalized spacial score (nSPS) is 9.27. The van der Waals surface area contributed by atoms with Crippen LogP contribution in [0.4, 0.5) is 0 Å². The molecule has 0 saturated heterocycles. The molecule has 0 rings (SSSR count). The first-order valence-corrected chi connectivity index (χ1v) is 3.58. The van der Waals surface area contributed by atoms with Crippen molar-refractivity contribution in [2.24, 2.45) is 5.73 Å². The third-order valence-electron chi connectivity index (χ3n) is 1.11. The van der Waals surface area contributed by atoms with Gasteiger partial charge in [-0.2, -0.15) is 0 Å². The van der Waals surface area contributed by atoms with E-state index < -0.39 is 5.97 Å². The summed E-state index contributed by atoms with van der Waals surface area (Å²) in [5.74, 6) is -0.628. The van der Waals surface area contributed by atoms with Crippen LogP contribution in [0.1, 0.15) is 26.2 Å². The predicted octanol–water partition coefficient (Wildman–Crippen LogP) is 0.205. The van der Waals surface area contributed by atoms with E-state index in [-0.39, 0.29) is 18.9 Å². The zero-order valence-electron chi connectivity index (χ0n) is 6.63. The fourth-order valence-corrected chi connectivity index (χ4v) is 0.672. The quantitative estimate of drug-likeness (QED) is 0.353. The topological polar surface area (TPSA) is 69.4 Å². The minimum Gasteiger partial charge on any atom is -0.450 e. The van der Waals surface area contributed by atoms with E-state index in [1.807, 2.05) is 6.92 Å². The van der Waals surface area contributed by atoms with Crippen molar-refractivity contribution >= 4 is 11.8 Å². The van der Waals surface area contributed by atoms with Gasteiger partial charge in [0.05, 0.1) is 0 Å². The van der Waals surface area contributed by atoms with Gasteiger partial charge in [0, 0.05) is 6.42 Å². The number of Topliss-reactive ketones (excluding diaryl/α,β-unsaturated/α-hetero) is 1. The van der Waals surface area contributed by atoms with Gasteiger partial charge in [0.2, 0.25) is 0 Å². The molecule has 0 aliphatic carbocycles. The molecule has 0 amide bonds.